The van der Waals surface area contributed by atoms with E-state index in [1.807, 2.05) is 43.3 Å². The molecule has 1 fully saturated rings. The number of nitrogens with zero attached hydrogens (tertiary/aromatic N) is 3. The predicted octanol–water partition coefficient (Wildman–Crippen LogP) is 4.80. The third kappa shape index (κ3) is 4.78. The molecule has 0 bridgehead atoms. The topological polar surface area (TPSA) is 102 Å². The number of fused-ring (bicyclic) bond motifs is 2. The summed E-state index contributed by atoms with van der Waals surface area (Å²) in [5, 5.41) is 3.68. The Morgan fingerprint density at radius 1 is 0.952 bits per heavy atom. The number of benzene rings is 3. The SMILES string of the molecule is COc1cc(-c2cc(C)c3c(OC)ccc(OC)c3n2)cc2c1OCCN(C(=O)c1cccc(N3CCNC3=O)c1)C2. The van der Waals surface area contributed by atoms with Crippen LogP contribution in [-0.2, 0) is 6.54 Å². The van der Waals surface area contributed by atoms with Crippen molar-refractivity contribution in [2.75, 3.05) is 52.5 Å². The molecular formula is C32H32N4O6. The summed E-state index contributed by atoms with van der Waals surface area (Å²) in [5.74, 6) is 2.39. The van der Waals surface area contributed by atoms with E-state index in [9.17, 15) is 9.59 Å². The molecule has 0 atom stereocenters. The highest BCUT2D eigenvalue weighted by Gasteiger charge is 2.27. The first kappa shape index (κ1) is 27.2. The molecule has 1 saturated heterocycles. The van der Waals surface area contributed by atoms with Gasteiger partial charge in [0.2, 0.25) is 0 Å². The lowest BCUT2D eigenvalue weighted by Crippen LogP contribution is -2.33. The highest BCUT2D eigenvalue weighted by Crippen LogP contribution is 2.41. The predicted molar refractivity (Wildman–Crippen MR) is 159 cm³/mol. The van der Waals surface area contributed by atoms with E-state index in [-0.39, 0.29) is 11.9 Å². The minimum absolute atomic E-state index is 0.145. The highest BCUT2D eigenvalue weighted by molar-refractivity contribution is 5.99. The van der Waals surface area contributed by atoms with Gasteiger partial charge in [-0.15, -0.1) is 0 Å². The van der Waals surface area contributed by atoms with Gasteiger partial charge in [-0.05, 0) is 61.0 Å². The minimum Gasteiger partial charge on any atom is -0.496 e. The van der Waals surface area contributed by atoms with Crippen LogP contribution in [0.15, 0.2) is 54.6 Å². The Balaban J connectivity index is 1.37. The Morgan fingerprint density at radius 2 is 1.74 bits per heavy atom. The van der Waals surface area contributed by atoms with Crippen LogP contribution in [0.5, 0.6) is 23.0 Å². The normalized spacial score (nSPS) is 14.6. The van der Waals surface area contributed by atoms with Gasteiger partial charge in [-0.1, -0.05) is 6.07 Å². The van der Waals surface area contributed by atoms with E-state index in [1.54, 1.807) is 49.3 Å². The molecule has 1 N–H and O–H groups in total. The molecule has 10 nitrogen and oxygen atoms in total. The van der Waals surface area contributed by atoms with E-state index >= 15 is 0 Å². The van der Waals surface area contributed by atoms with Crippen LogP contribution in [0.3, 0.4) is 0 Å². The Hall–Kier alpha value is -4.99. The third-order valence-corrected chi connectivity index (χ3v) is 7.69. The lowest BCUT2D eigenvalue weighted by atomic mass is 10.0. The number of ether oxygens (including phenoxy) is 4. The summed E-state index contributed by atoms with van der Waals surface area (Å²) in [6, 6.07) is 16.6. The Bertz CT molecular complexity index is 1700. The van der Waals surface area contributed by atoms with E-state index in [1.165, 1.54) is 0 Å². The molecule has 0 radical (unpaired) electrons. The van der Waals surface area contributed by atoms with Crippen molar-refractivity contribution in [1.82, 2.24) is 15.2 Å². The van der Waals surface area contributed by atoms with Crippen molar-refractivity contribution in [3.63, 3.8) is 0 Å². The molecule has 0 aliphatic carbocycles. The fraction of sp³-hybridized carbons (Fsp3) is 0.281. The molecule has 4 aromatic rings. The second kappa shape index (κ2) is 11.1. The second-order valence-corrected chi connectivity index (χ2v) is 10.2. The molecule has 216 valence electrons. The van der Waals surface area contributed by atoms with Crippen molar-refractivity contribution in [2.24, 2.45) is 0 Å². The van der Waals surface area contributed by atoms with E-state index in [4.69, 9.17) is 23.9 Å². The van der Waals surface area contributed by atoms with Gasteiger partial charge in [0.1, 0.15) is 23.6 Å². The molecule has 1 aromatic heterocycles. The zero-order valence-corrected chi connectivity index (χ0v) is 24.0. The number of amides is 3. The fourth-order valence-corrected chi connectivity index (χ4v) is 5.62. The summed E-state index contributed by atoms with van der Waals surface area (Å²) in [7, 11) is 4.86. The first-order valence-corrected chi connectivity index (χ1v) is 13.7. The van der Waals surface area contributed by atoms with Crippen LogP contribution in [0.1, 0.15) is 21.5 Å². The maximum Gasteiger partial charge on any atom is 0.321 e. The van der Waals surface area contributed by atoms with Gasteiger partial charge in [0, 0.05) is 47.4 Å². The van der Waals surface area contributed by atoms with Gasteiger partial charge in [-0.25, -0.2) is 9.78 Å². The Kier molecular flexibility index (Phi) is 7.20. The number of urea groups is 1. The summed E-state index contributed by atoms with van der Waals surface area (Å²) in [6.45, 7) is 4.17. The Labute approximate surface area is 243 Å². The first-order chi connectivity index (χ1) is 20.4. The van der Waals surface area contributed by atoms with Gasteiger partial charge in [-0.2, -0.15) is 0 Å². The van der Waals surface area contributed by atoms with Crippen molar-refractivity contribution in [2.45, 2.75) is 13.5 Å². The molecule has 0 unspecified atom stereocenters. The molecule has 2 aliphatic heterocycles. The van der Waals surface area contributed by atoms with Gasteiger partial charge in [0.15, 0.2) is 11.5 Å². The van der Waals surface area contributed by atoms with Crippen LogP contribution in [-0.4, -0.2) is 69.4 Å². The smallest absolute Gasteiger partial charge is 0.321 e. The number of rotatable bonds is 6. The van der Waals surface area contributed by atoms with Crippen LogP contribution >= 0.6 is 0 Å². The number of aromatic nitrogens is 1. The van der Waals surface area contributed by atoms with Gasteiger partial charge in [0.25, 0.3) is 5.91 Å². The quantitative estimate of drug-likeness (QED) is 0.357. The van der Waals surface area contributed by atoms with Crippen LogP contribution in [0.2, 0.25) is 0 Å². The van der Waals surface area contributed by atoms with Crippen molar-refractivity contribution in [3.8, 4) is 34.3 Å². The zero-order chi connectivity index (χ0) is 29.4. The second-order valence-electron chi connectivity index (χ2n) is 10.2. The largest absolute Gasteiger partial charge is 0.496 e. The molecule has 0 saturated carbocycles. The van der Waals surface area contributed by atoms with E-state index < -0.39 is 0 Å². The lowest BCUT2D eigenvalue weighted by Gasteiger charge is -2.22. The molecule has 42 heavy (non-hydrogen) atoms. The van der Waals surface area contributed by atoms with Crippen LogP contribution in [0, 0.1) is 6.92 Å². The number of carbonyl (C=O) groups excluding carboxylic acids is 2. The third-order valence-electron chi connectivity index (χ3n) is 7.69. The molecule has 6 rings (SSSR count). The van der Waals surface area contributed by atoms with Gasteiger partial charge >= 0.3 is 6.03 Å². The number of pyridine rings is 1. The fourth-order valence-electron chi connectivity index (χ4n) is 5.62. The highest BCUT2D eigenvalue weighted by atomic mass is 16.5. The number of carbonyl (C=O) groups is 2. The summed E-state index contributed by atoms with van der Waals surface area (Å²) >= 11 is 0. The average Bonchev–Trinajstić information content (AvgIpc) is 3.33. The first-order valence-electron chi connectivity index (χ1n) is 13.7. The maximum absolute atomic E-state index is 13.7. The monoisotopic (exact) mass is 568 g/mol. The average molecular weight is 569 g/mol. The molecular weight excluding hydrogens is 536 g/mol. The van der Waals surface area contributed by atoms with Gasteiger partial charge in [-0.3, -0.25) is 9.69 Å². The summed E-state index contributed by atoms with van der Waals surface area (Å²) in [4.78, 5) is 34.3. The van der Waals surface area contributed by atoms with Crippen molar-refractivity contribution in [3.05, 3.63) is 71.3 Å². The molecule has 0 spiro atoms. The summed E-state index contributed by atoms with van der Waals surface area (Å²) in [5.41, 5.74) is 5.23. The number of anilines is 1. The summed E-state index contributed by atoms with van der Waals surface area (Å²) < 4.78 is 23.1. The van der Waals surface area contributed by atoms with Crippen LogP contribution < -0.4 is 29.2 Å². The van der Waals surface area contributed by atoms with Gasteiger partial charge in [0.05, 0.1) is 33.6 Å². The van der Waals surface area contributed by atoms with Crippen LogP contribution in [0.25, 0.3) is 22.2 Å². The van der Waals surface area contributed by atoms with E-state index in [0.29, 0.717) is 66.8 Å². The van der Waals surface area contributed by atoms with E-state index in [0.717, 1.165) is 33.5 Å². The molecule has 3 heterocycles. The lowest BCUT2D eigenvalue weighted by molar-refractivity contribution is 0.0733. The van der Waals surface area contributed by atoms with Crippen molar-refractivity contribution >= 4 is 28.5 Å². The number of hydrogen-bond donors (Lipinski definition) is 1. The molecule has 10 heteroatoms. The number of methoxy groups -OCH3 is 3. The number of aryl methyl sites for hydroxylation is 1. The number of nitrogens with one attached hydrogen (secondary N) is 1. The van der Waals surface area contributed by atoms with Crippen molar-refractivity contribution < 1.29 is 28.5 Å². The van der Waals surface area contributed by atoms with E-state index in [2.05, 4.69) is 5.32 Å². The molecule has 3 amide bonds. The minimum atomic E-state index is -0.162. The van der Waals surface area contributed by atoms with Gasteiger partial charge < -0.3 is 29.2 Å². The summed E-state index contributed by atoms with van der Waals surface area (Å²) in [6.07, 6.45) is 0. The molecule has 2 aliphatic rings. The van der Waals surface area contributed by atoms with Crippen LogP contribution in [0.4, 0.5) is 10.5 Å². The Morgan fingerprint density at radius 3 is 2.48 bits per heavy atom. The molecule has 3 aromatic carbocycles. The zero-order valence-electron chi connectivity index (χ0n) is 24.0. The number of hydrogen-bond acceptors (Lipinski definition) is 7. The standard InChI is InChI=1S/C32H32N4O6/c1-19-14-24(34-29-26(40-3)9-8-25(39-2)28(19)29)21-15-22-18-35(12-13-42-30(22)27(17-21)41-4)31(37)20-6-5-7-23(16-20)36-11-10-33-32(36)38/h5-9,14-17H,10-13,18H2,1-4H3,(H,33,38). The maximum atomic E-state index is 13.7. The van der Waals surface area contributed by atoms with Crippen molar-refractivity contribution in [1.29, 1.82) is 0 Å².